The number of rotatable bonds is 10. The molecule has 2 rings (SSSR count). The van der Waals surface area contributed by atoms with Crippen LogP contribution in [0.2, 0.25) is 0 Å². The molecule has 5 heteroatoms. The molecule has 0 saturated heterocycles. The number of benzene rings is 2. The fraction of sp³-hybridized carbons (Fsp3) is 0.435. The number of methoxy groups -OCH3 is 1. The topological polar surface area (TPSA) is 53.6 Å². The molecule has 1 unspecified atom stereocenters. The van der Waals surface area contributed by atoms with E-state index in [-0.39, 0.29) is 12.1 Å². The number of nitrogens with one attached hydrogen (secondary N) is 2. The third-order valence-electron chi connectivity index (χ3n) is 5.08. The molecule has 0 spiro atoms. The fourth-order valence-electron chi connectivity index (χ4n) is 3.21. The van der Waals surface area contributed by atoms with Crippen molar-refractivity contribution in [1.82, 2.24) is 15.5 Å². The van der Waals surface area contributed by atoms with Gasteiger partial charge in [0.15, 0.2) is 0 Å². The van der Waals surface area contributed by atoms with Crippen LogP contribution >= 0.6 is 0 Å². The summed E-state index contributed by atoms with van der Waals surface area (Å²) in [6, 6.07) is 15.9. The highest BCUT2D eigenvalue weighted by Crippen LogP contribution is 2.20. The van der Waals surface area contributed by atoms with E-state index >= 15 is 0 Å². The molecule has 2 N–H and O–H groups in total. The highest BCUT2D eigenvalue weighted by Gasteiger charge is 2.13. The van der Waals surface area contributed by atoms with Crippen molar-refractivity contribution in [3.8, 4) is 5.75 Å². The first kappa shape index (κ1) is 21.8. The minimum Gasteiger partial charge on any atom is -0.497 e. The van der Waals surface area contributed by atoms with E-state index in [1.165, 1.54) is 5.56 Å². The van der Waals surface area contributed by atoms with E-state index < -0.39 is 0 Å². The predicted molar refractivity (Wildman–Crippen MR) is 114 cm³/mol. The first-order valence-electron chi connectivity index (χ1n) is 10.1. The molecular weight excluding hydrogens is 350 g/mol. The lowest BCUT2D eigenvalue weighted by Gasteiger charge is -2.21. The van der Waals surface area contributed by atoms with Crippen LogP contribution in [-0.4, -0.2) is 31.1 Å². The average molecular weight is 384 g/mol. The number of carbonyl (C=O) groups is 1. The van der Waals surface area contributed by atoms with Crippen LogP contribution in [-0.2, 0) is 13.1 Å². The van der Waals surface area contributed by atoms with Crippen molar-refractivity contribution in [3.05, 3.63) is 65.2 Å². The maximum atomic E-state index is 12.5. The van der Waals surface area contributed by atoms with Crippen LogP contribution in [0.1, 0.15) is 49.9 Å². The quantitative estimate of drug-likeness (QED) is 0.636. The number of nitrogens with zero attached hydrogens (tertiary/aromatic N) is 1. The van der Waals surface area contributed by atoms with Gasteiger partial charge < -0.3 is 15.4 Å². The SMILES string of the molecule is CCC(NC(=O)NCc1ccccc1CN(CC)CC)c1ccc(OC)cc1. The van der Waals surface area contributed by atoms with Gasteiger partial charge in [-0.05, 0) is 48.3 Å². The lowest BCUT2D eigenvalue weighted by atomic mass is 10.0. The van der Waals surface area contributed by atoms with Gasteiger partial charge >= 0.3 is 6.03 Å². The molecule has 1 atom stereocenters. The fourth-order valence-corrected chi connectivity index (χ4v) is 3.21. The second-order valence-corrected chi connectivity index (χ2v) is 6.79. The Morgan fingerprint density at radius 2 is 1.64 bits per heavy atom. The molecule has 0 aliphatic rings. The Morgan fingerprint density at radius 3 is 2.21 bits per heavy atom. The van der Waals surface area contributed by atoms with Gasteiger partial charge in [-0.1, -0.05) is 57.2 Å². The van der Waals surface area contributed by atoms with Crippen LogP contribution in [0.5, 0.6) is 5.75 Å². The van der Waals surface area contributed by atoms with Gasteiger partial charge in [0.05, 0.1) is 13.2 Å². The van der Waals surface area contributed by atoms with E-state index in [0.29, 0.717) is 6.54 Å². The van der Waals surface area contributed by atoms with Crippen LogP contribution in [0.15, 0.2) is 48.5 Å². The second-order valence-electron chi connectivity index (χ2n) is 6.79. The first-order valence-corrected chi connectivity index (χ1v) is 10.1. The van der Waals surface area contributed by atoms with Gasteiger partial charge in [-0.25, -0.2) is 4.79 Å². The lowest BCUT2D eigenvalue weighted by molar-refractivity contribution is 0.236. The maximum absolute atomic E-state index is 12.5. The number of carbonyl (C=O) groups excluding carboxylic acids is 1. The number of urea groups is 1. The van der Waals surface area contributed by atoms with E-state index in [1.54, 1.807) is 7.11 Å². The predicted octanol–water partition coefficient (Wildman–Crippen LogP) is 4.49. The van der Waals surface area contributed by atoms with Gasteiger partial charge in [-0.2, -0.15) is 0 Å². The molecule has 0 aliphatic carbocycles. The van der Waals surface area contributed by atoms with Crippen LogP contribution in [0, 0.1) is 0 Å². The molecule has 28 heavy (non-hydrogen) atoms. The molecule has 0 saturated carbocycles. The molecule has 0 aromatic heterocycles. The van der Waals surface area contributed by atoms with Crippen LogP contribution in [0.25, 0.3) is 0 Å². The number of hydrogen-bond acceptors (Lipinski definition) is 3. The summed E-state index contributed by atoms with van der Waals surface area (Å²) in [5.41, 5.74) is 3.48. The van der Waals surface area contributed by atoms with Gasteiger partial charge in [-0.3, -0.25) is 4.90 Å². The summed E-state index contributed by atoms with van der Waals surface area (Å²) in [6.45, 7) is 9.84. The second kappa shape index (κ2) is 11.3. The molecule has 0 bridgehead atoms. The molecule has 5 nitrogen and oxygen atoms in total. The van der Waals surface area contributed by atoms with Crippen LogP contribution < -0.4 is 15.4 Å². The summed E-state index contributed by atoms with van der Waals surface area (Å²) in [5.74, 6) is 0.813. The van der Waals surface area contributed by atoms with Crippen molar-refractivity contribution in [2.24, 2.45) is 0 Å². The molecule has 2 aromatic rings. The van der Waals surface area contributed by atoms with Gasteiger partial charge in [-0.15, -0.1) is 0 Å². The van der Waals surface area contributed by atoms with Crippen LogP contribution in [0.4, 0.5) is 4.79 Å². The molecule has 0 fully saturated rings. The smallest absolute Gasteiger partial charge is 0.315 e. The van der Waals surface area contributed by atoms with Crippen molar-refractivity contribution in [3.63, 3.8) is 0 Å². The van der Waals surface area contributed by atoms with Crippen molar-refractivity contribution in [1.29, 1.82) is 0 Å². The van der Waals surface area contributed by atoms with Crippen molar-refractivity contribution in [2.45, 2.75) is 46.3 Å². The molecule has 0 heterocycles. The summed E-state index contributed by atoms with van der Waals surface area (Å²) in [4.78, 5) is 14.8. The third-order valence-corrected chi connectivity index (χ3v) is 5.08. The summed E-state index contributed by atoms with van der Waals surface area (Å²) in [5, 5.41) is 6.08. The zero-order valence-corrected chi connectivity index (χ0v) is 17.5. The van der Waals surface area contributed by atoms with Gasteiger partial charge in [0, 0.05) is 13.1 Å². The largest absolute Gasteiger partial charge is 0.497 e. The standard InChI is InChI=1S/C23H33N3O2/c1-5-22(18-12-14-21(28-4)15-13-18)25-23(27)24-16-19-10-8-9-11-20(19)17-26(6-2)7-3/h8-15,22H,5-7,16-17H2,1-4H3,(H2,24,25,27). The lowest BCUT2D eigenvalue weighted by Crippen LogP contribution is -2.37. The minimum absolute atomic E-state index is 0.0307. The van der Waals surface area contributed by atoms with E-state index in [9.17, 15) is 4.79 Å². The normalized spacial score (nSPS) is 11.9. The Labute approximate surface area is 169 Å². The summed E-state index contributed by atoms with van der Waals surface area (Å²) in [6.07, 6.45) is 0.818. The average Bonchev–Trinajstić information content (AvgIpc) is 2.75. The molecule has 0 radical (unpaired) electrons. The Morgan fingerprint density at radius 1 is 1.00 bits per heavy atom. The highest BCUT2D eigenvalue weighted by atomic mass is 16.5. The van der Waals surface area contributed by atoms with Gasteiger partial charge in [0.1, 0.15) is 5.75 Å². The minimum atomic E-state index is -0.152. The van der Waals surface area contributed by atoms with Gasteiger partial charge in [0.25, 0.3) is 0 Å². The maximum Gasteiger partial charge on any atom is 0.315 e. The number of ether oxygens (including phenoxy) is 1. The van der Waals surface area contributed by atoms with E-state index in [2.05, 4.69) is 54.5 Å². The Hall–Kier alpha value is -2.53. The number of hydrogen-bond donors (Lipinski definition) is 2. The highest BCUT2D eigenvalue weighted by molar-refractivity contribution is 5.74. The Kier molecular flexibility index (Phi) is 8.82. The molecular formula is C23H33N3O2. The zero-order valence-electron chi connectivity index (χ0n) is 17.5. The van der Waals surface area contributed by atoms with Gasteiger partial charge in [0.2, 0.25) is 0 Å². The van der Waals surface area contributed by atoms with Crippen molar-refractivity contribution >= 4 is 6.03 Å². The Bertz CT molecular complexity index is 727. The molecule has 0 aliphatic heterocycles. The molecule has 152 valence electrons. The summed E-state index contributed by atoms with van der Waals surface area (Å²) < 4.78 is 5.20. The Balaban J connectivity index is 1.95. The molecule has 2 amide bonds. The summed E-state index contributed by atoms with van der Waals surface area (Å²) in [7, 11) is 1.65. The van der Waals surface area contributed by atoms with Crippen LogP contribution in [0.3, 0.4) is 0 Å². The first-order chi connectivity index (χ1) is 13.6. The van der Waals surface area contributed by atoms with E-state index in [4.69, 9.17) is 4.74 Å². The van der Waals surface area contributed by atoms with Crippen molar-refractivity contribution < 1.29 is 9.53 Å². The zero-order chi connectivity index (χ0) is 20.4. The molecule has 2 aromatic carbocycles. The number of amides is 2. The van der Waals surface area contributed by atoms with E-state index in [1.807, 2.05) is 30.3 Å². The van der Waals surface area contributed by atoms with Crippen molar-refractivity contribution in [2.75, 3.05) is 20.2 Å². The van der Waals surface area contributed by atoms with E-state index in [0.717, 1.165) is 42.9 Å². The third kappa shape index (κ3) is 6.27. The monoisotopic (exact) mass is 383 g/mol. The summed E-state index contributed by atoms with van der Waals surface area (Å²) >= 11 is 0.